The molecule has 0 aliphatic rings. The van der Waals surface area contributed by atoms with E-state index in [1.54, 1.807) is 6.07 Å². The fourth-order valence-corrected chi connectivity index (χ4v) is 1.35. The Morgan fingerprint density at radius 3 is 2.76 bits per heavy atom. The highest BCUT2D eigenvalue weighted by atomic mass is 35.5. The number of hydrazine groups is 1. The molecule has 0 amide bonds. The highest BCUT2D eigenvalue weighted by Gasteiger charge is 2.08. The molecule has 0 aromatic carbocycles. The van der Waals surface area contributed by atoms with E-state index in [0.717, 1.165) is 0 Å². The molecule has 17 heavy (non-hydrogen) atoms. The number of anilines is 1. The van der Waals surface area contributed by atoms with E-state index in [9.17, 15) is 0 Å². The number of rotatable bonds is 3. The largest absolute Gasteiger partial charge is 0.436 e. The maximum atomic E-state index is 5.87. The second-order valence-corrected chi connectivity index (χ2v) is 3.78. The molecule has 6 nitrogen and oxygen atoms in total. The zero-order valence-corrected chi connectivity index (χ0v) is 9.90. The molecule has 2 heterocycles. The third-order valence-electron chi connectivity index (χ3n) is 1.74. The number of halogens is 2. The van der Waals surface area contributed by atoms with Gasteiger partial charge in [-0.1, -0.05) is 23.2 Å². The van der Waals surface area contributed by atoms with E-state index in [1.807, 2.05) is 0 Å². The minimum atomic E-state index is 0.165. The monoisotopic (exact) mass is 271 g/mol. The Bertz CT molecular complexity index is 537. The average Bonchev–Trinajstić information content (AvgIpc) is 2.32. The molecule has 0 spiro atoms. The standard InChI is InChI=1S/C9H7Cl2N5O/c10-5-1-6(3-13-2-5)17-8-7(11)4-14-9(15-8)16-12/h1-4H,12H2,(H,14,15,16). The van der Waals surface area contributed by atoms with Crippen molar-refractivity contribution < 1.29 is 4.74 Å². The predicted octanol–water partition coefficient (Wildman–Crippen LogP) is 2.26. The lowest BCUT2D eigenvalue weighted by Gasteiger charge is -2.07. The molecule has 0 radical (unpaired) electrons. The zero-order valence-electron chi connectivity index (χ0n) is 8.39. The van der Waals surface area contributed by atoms with Crippen LogP contribution < -0.4 is 16.0 Å². The fourth-order valence-electron chi connectivity index (χ4n) is 1.05. The molecule has 0 aliphatic carbocycles. The fraction of sp³-hybridized carbons (Fsp3) is 0. The van der Waals surface area contributed by atoms with Crippen molar-refractivity contribution in [2.75, 3.05) is 5.43 Å². The first-order valence-corrected chi connectivity index (χ1v) is 5.22. The van der Waals surface area contributed by atoms with E-state index in [0.29, 0.717) is 10.8 Å². The maximum absolute atomic E-state index is 5.87. The number of nitrogen functional groups attached to an aromatic ring is 1. The van der Waals surface area contributed by atoms with Crippen LogP contribution in [0.1, 0.15) is 0 Å². The summed E-state index contributed by atoms with van der Waals surface area (Å²) >= 11 is 11.6. The van der Waals surface area contributed by atoms with Crippen molar-refractivity contribution in [1.29, 1.82) is 0 Å². The van der Waals surface area contributed by atoms with Crippen molar-refractivity contribution in [3.05, 3.63) is 34.7 Å². The van der Waals surface area contributed by atoms with Gasteiger partial charge in [0.1, 0.15) is 10.8 Å². The minimum absolute atomic E-state index is 0.165. The van der Waals surface area contributed by atoms with E-state index in [2.05, 4.69) is 20.4 Å². The summed E-state index contributed by atoms with van der Waals surface area (Å²) in [6.07, 6.45) is 4.35. The maximum Gasteiger partial charge on any atom is 0.243 e. The van der Waals surface area contributed by atoms with Gasteiger partial charge in [0, 0.05) is 12.3 Å². The van der Waals surface area contributed by atoms with Crippen molar-refractivity contribution in [1.82, 2.24) is 15.0 Å². The van der Waals surface area contributed by atoms with Gasteiger partial charge in [-0.05, 0) is 0 Å². The van der Waals surface area contributed by atoms with Gasteiger partial charge in [0.05, 0.1) is 17.4 Å². The summed E-state index contributed by atoms with van der Waals surface area (Å²) in [5.41, 5.74) is 2.29. The lowest BCUT2D eigenvalue weighted by atomic mass is 10.4. The molecule has 3 N–H and O–H groups in total. The summed E-state index contributed by atoms with van der Waals surface area (Å²) < 4.78 is 5.41. The molecular weight excluding hydrogens is 265 g/mol. The number of pyridine rings is 1. The van der Waals surface area contributed by atoms with Crippen LogP contribution in [0.3, 0.4) is 0 Å². The summed E-state index contributed by atoms with van der Waals surface area (Å²) in [6, 6.07) is 1.59. The summed E-state index contributed by atoms with van der Waals surface area (Å²) in [4.78, 5) is 11.6. The molecule has 0 unspecified atom stereocenters. The normalized spacial score (nSPS) is 10.1. The molecule has 88 valence electrons. The van der Waals surface area contributed by atoms with Gasteiger partial charge in [0.25, 0.3) is 0 Å². The van der Waals surface area contributed by atoms with Crippen molar-refractivity contribution >= 4 is 29.2 Å². The summed E-state index contributed by atoms with van der Waals surface area (Å²) in [5, 5.41) is 0.703. The number of hydrogen-bond acceptors (Lipinski definition) is 6. The van der Waals surface area contributed by atoms with Crippen LogP contribution in [0.4, 0.5) is 5.95 Å². The number of hydrogen-bond donors (Lipinski definition) is 2. The van der Waals surface area contributed by atoms with Crippen LogP contribution in [0.15, 0.2) is 24.7 Å². The van der Waals surface area contributed by atoms with E-state index >= 15 is 0 Å². The van der Waals surface area contributed by atoms with Gasteiger partial charge < -0.3 is 4.74 Å². The number of nitrogens with zero attached hydrogens (tertiary/aromatic N) is 3. The van der Waals surface area contributed by atoms with Gasteiger partial charge in [0.2, 0.25) is 11.8 Å². The summed E-state index contributed by atoms with van der Waals surface area (Å²) in [6.45, 7) is 0. The lowest BCUT2D eigenvalue weighted by Crippen LogP contribution is -2.10. The van der Waals surface area contributed by atoms with Crippen molar-refractivity contribution in [3.63, 3.8) is 0 Å². The number of nitrogens with one attached hydrogen (secondary N) is 1. The van der Waals surface area contributed by atoms with E-state index in [4.69, 9.17) is 33.8 Å². The van der Waals surface area contributed by atoms with Crippen molar-refractivity contribution in [3.8, 4) is 11.6 Å². The van der Waals surface area contributed by atoms with E-state index in [-0.39, 0.29) is 16.9 Å². The molecule has 0 bridgehead atoms. The average molecular weight is 272 g/mol. The molecule has 0 aliphatic heterocycles. The van der Waals surface area contributed by atoms with Crippen LogP contribution in [-0.4, -0.2) is 15.0 Å². The van der Waals surface area contributed by atoms with Gasteiger partial charge in [-0.15, -0.1) is 0 Å². The Kier molecular flexibility index (Phi) is 3.58. The summed E-state index contributed by atoms with van der Waals surface area (Å²) in [7, 11) is 0. The Hall–Kier alpha value is -1.63. The van der Waals surface area contributed by atoms with Gasteiger partial charge >= 0.3 is 0 Å². The number of nitrogens with two attached hydrogens (primary N) is 1. The van der Waals surface area contributed by atoms with Crippen LogP contribution >= 0.6 is 23.2 Å². The van der Waals surface area contributed by atoms with E-state index < -0.39 is 0 Å². The number of aromatic nitrogens is 3. The van der Waals surface area contributed by atoms with Crippen LogP contribution in [0, 0.1) is 0 Å². The van der Waals surface area contributed by atoms with Gasteiger partial charge in [-0.2, -0.15) is 4.98 Å². The molecule has 2 rings (SSSR count). The molecule has 2 aromatic rings. The van der Waals surface area contributed by atoms with Crippen LogP contribution in [0.5, 0.6) is 11.6 Å². The Morgan fingerprint density at radius 2 is 2.06 bits per heavy atom. The molecular formula is C9H7Cl2N5O. The smallest absolute Gasteiger partial charge is 0.243 e. The van der Waals surface area contributed by atoms with E-state index in [1.165, 1.54) is 18.6 Å². The Labute approximate surface area is 107 Å². The van der Waals surface area contributed by atoms with Crippen LogP contribution in [0.25, 0.3) is 0 Å². The third kappa shape index (κ3) is 2.94. The second kappa shape index (κ2) is 5.13. The first-order chi connectivity index (χ1) is 8.19. The highest BCUT2D eigenvalue weighted by molar-refractivity contribution is 6.31. The zero-order chi connectivity index (χ0) is 12.3. The SMILES string of the molecule is NNc1ncc(Cl)c(Oc2cncc(Cl)c2)n1. The van der Waals surface area contributed by atoms with Gasteiger partial charge in [-0.25, -0.2) is 10.8 Å². The second-order valence-electron chi connectivity index (χ2n) is 2.93. The highest BCUT2D eigenvalue weighted by Crippen LogP contribution is 2.27. The molecule has 0 saturated heterocycles. The molecule has 0 saturated carbocycles. The molecule has 2 aromatic heterocycles. The van der Waals surface area contributed by atoms with Gasteiger partial charge in [-0.3, -0.25) is 10.4 Å². The third-order valence-corrected chi connectivity index (χ3v) is 2.20. The Balaban J connectivity index is 2.29. The predicted molar refractivity (Wildman–Crippen MR) is 64.2 cm³/mol. The topological polar surface area (TPSA) is 86.0 Å². The lowest BCUT2D eigenvalue weighted by molar-refractivity contribution is 0.460. The molecule has 0 fully saturated rings. The minimum Gasteiger partial charge on any atom is -0.436 e. The Morgan fingerprint density at radius 1 is 1.24 bits per heavy atom. The van der Waals surface area contributed by atoms with Crippen molar-refractivity contribution in [2.24, 2.45) is 5.84 Å². The molecule has 8 heteroatoms. The molecule has 0 atom stereocenters. The first-order valence-electron chi connectivity index (χ1n) is 4.46. The van der Waals surface area contributed by atoms with Crippen LogP contribution in [-0.2, 0) is 0 Å². The van der Waals surface area contributed by atoms with Crippen LogP contribution in [0.2, 0.25) is 10.0 Å². The van der Waals surface area contributed by atoms with Crippen molar-refractivity contribution in [2.45, 2.75) is 0 Å². The van der Waals surface area contributed by atoms with Gasteiger partial charge in [0.15, 0.2) is 0 Å². The number of ether oxygens (including phenoxy) is 1. The quantitative estimate of drug-likeness (QED) is 0.658. The first kappa shape index (κ1) is 11.8. The summed E-state index contributed by atoms with van der Waals surface area (Å²) in [5.74, 6) is 5.96.